The SMILES string of the molecule is CC(C)(C)N1N=C(c2ccccc2)CC1=O. The fraction of sp³-hybridized carbons (Fsp3) is 0.385. The maximum Gasteiger partial charge on any atom is 0.249 e. The van der Waals surface area contributed by atoms with E-state index in [-0.39, 0.29) is 11.4 Å². The van der Waals surface area contributed by atoms with Crippen LogP contribution in [-0.4, -0.2) is 22.2 Å². The lowest BCUT2D eigenvalue weighted by atomic mass is 10.1. The molecule has 2 rings (SSSR count). The van der Waals surface area contributed by atoms with E-state index in [1.165, 1.54) is 0 Å². The molecular weight excluding hydrogens is 200 g/mol. The van der Waals surface area contributed by atoms with Crippen LogP contribution in [0.2, 0.25) is 0 Å². The van der Waals surface area contributed by atoms with E-state index in [4.69, 9.17) is 0 Å². The van der Waals surface area contributed by atoms with E-state index < -0.39 is 0 Å². The van der Waals surface area contributed by atoms with Gasteiger partial charge in [-0.25, -0.2) is 5.01 Å². The Kier molecular flexibility index (Phi) is 2.54. The van der Waals surface area contributed by atoms with Crippen LogP contribution < -0.4 is 0 Å². The molecule has 0 fully saturated rings. The second kappa shape index (κ2) is 3.74. The van der Waals surface area contributed by atoms with Crippen molar-refractivity contribution in [1.29, 1.82) is 0 Å². The fourth-order valence-corrected chi connectivity index (χ4v) is 1.74. The Morgan fingerprint density at radius 3 is 2.31 bits per heavy atom. The van der Waals surface area contributed by atoms with Gasteiger partial charge in [0.1, 0.15) is 0 Å². The first-order chi connectivity index (χ1) is 7.48. The van der Waals surface area contributed by atoms with Crippen molar-refractivity contribution in [3.05, 3.63) is 35.9 Å². The number of hydrogen-bond donors (Lipinski definition) is 0. The van der Waals surface area contributed by atoms with Gasteiger partial charge >= 0.3 is 0 Å². The third kappa shape index (κ3) is 1.98. The molecule has 1 aromatic carbocycles. The molecular formula is C13H16N2O. The normalized spacial score (nSPS) is 16.6. The quantitative estimate of drug-likeness (QED) is 0.709. The maximum absolute atomic E-state index is 11.8. The van der Waals surface area contributed by atoms with Gasteiger partial charge in [0.15, 0.2) is 0 Å². The number of benzene rings is 1. The lowest BCUT2D eigenvalue weighted by Gasteiger charge is -2.27. The minimum absolute atomic E-state index is 0.0753. The first kappa shape index (κ1) is 10.9. The molecule has 0 atom stereocenters. The summed E-state index contributed by atoms with van der Waals surface area (Å²) in [6.45, 7) is 5.97. The van der Waals surface area contributed by atoms with Crippen molar-refractivity contribution in [3.8, 4) is 0 Å². The van der Waals surface area contributed by atoms with Crippen molar-refractivity contribution >= 4 is 11.6 Å². The van der Waals surface area contributed by atoms with E-state index in [9.17, 15) is 4.79 Å². The zero-order chi connectivity index (χ0) is 11.8. The summed E-state index contributed by atoms with van der Waals surface area (Å²) in [5, 5.41) is 5.99. The van der Waals surface area contributed by atoms with Gasteiger partial charge < -0.3 is 0 Å². The maximum atomic E-state index is 11.8. The summed E-state index contributed by atoms with van der Waals surface area (Å²) in [5.41, 5.74) is 1.65. The average molecular weight is 216 g/mol. The summed E-state index contributed by atoms with van der Waals surface area (Å²) in [6, 6.07) is 9.85. The summed E-state index contributed by atoms with van der Waals surface area (Å²) in [6.07, 6.45) is 0.404. The first-order valence-electron chi connectivity index (χ1n) is 5.44. The number of hydrogen-bond acceptors (Lipinski definition) is 2. The topological polar surface area (TPSA) is 32.7 Å². The predicted octanol–water partition coefficient (Wildman–Crippen LogP) is 2.42. The highest BCUT2D eigenvalue weighted by atomic mass is 16.2. The number of nitrogens with zero attached hydrogens (tertiary/aromatic N) is 2. The van der Waals surface area contributed by atoms with Crippen LogP contribution in [0.1, 0.15) is 32.8 Å². The second-order valence-corrected chi connectivity index (χ2v) is 4.97. The minimum atomic E-state index is -0.242. The Hall–Kier alpha value is -1.64. The molecule has 1 aliphatic rings. The lowest BCUT2D eigenvalue weighted by Crippen LogP contribution is -2.38. The van der Waals surface area contributed by atoms with Crippen molar-refractivity contribution in [2.24, 2.45) is 5.10 Å². The summed E-state index contributed by atoms with van der Waals surface area (Å²) in [7, 11) is 0. The van der Waals surface area contributed by atoms with Gasteiger partial charge in [-0.2, -0.15) is 5.10 Å². The van der Waals surface area contributed by atoms with Crippen LogP contribution in [0.15, 0.2) is 35.4 Å². The molecule has 3 nitrogen and oxygen atoms in total. The largest absolute Gasteiger partial charge is 0.272 e. The highest BCUT2D eigenvalue weighted by molar-refractivity contribution is 6.13. The van der Waals surface area contributed by atoms with Crippen molar-refractivity contribution < 1.29 is 4.79 Å². The first-order valence-corrected chi connectivity index (χ1v) is 5.44. The molecule has 0 aliphatic carbocycles. The third-order valence-electron chi connectivity index (χ3n) is 2.52. The third-order valence-corrected chi connectivity index (χ3v) is 2.52. The molecule has 0 spiro atoms. The van der Waals surface area contributed by atoms with Crippen LogP contribution in [0.3, 0.4) is 0 Å². The van der Waals surface area contributed by atoms with Crippen molar-refractivity contribution in [3.63, 3.8) is 0 Å². The number of hydrazone groups is 1. The molecule has 1 amide bonds. The van der Waals surface area contributed by atoms with Gasteiger partial charge in [-0.1, -0.05) is 30.3 Å². The van der Waals surface area contributed by atoms with E-state index >= 15 is 0 Å². The Morgan fingerprint density at radius 1 is 1.19 bits per heavy atom. The fourth-order valence-electron chi connectivity index (χ4n) is 1.74. The number of rotatable bonds is 1. The van der Waals surface area contributed by atoms with Crippen molar-refractivity contribution in [1.82, 2.24) is 5.01 Å². The molecule has 1 aliphatic heterocycles. The summed E-state index contributed by atoms with van der Waals surface area (Å²) < 4.78 is 0. The summed E-state index contributed by atoms with van der Waals surface area (Å²) in [5.74, 6) is 0.0753. The van der Waals surface area contributed by atoms with Crippen LogP contribution in [-0.2, 0) is 4.79 Å². The summed E-state index contributed by atoms with van der Waals surface area (Å²) >= 11 is 0. The second-order valence-electron chi connectivity index (χ2n) is 4.97. The van der Waals surface area contributed by atoms with Crippen molar-refractivity contribution in [2.45, 2.75) is 32.7 Å². The van der Waals surface area contributed by atoms with E-state index in [0.717, 1.165) is 11.3 Å². The average Bonchev–Trinajstić information content (AvgIpc) is 2.61. The molecule has 0 N–H and O–H groups in total. The van der Waals surface area contributed by atoms with Gasteiger partial charge in [0, 0.05) is 0 Å². The highest BCUT2D eigenvalue weighted by Gasteiger charge is 2.32. The Labute approximate surface area is 95.8 Å². The molecule has 0 aromatic heterocycles. The van der Waals surface area contributed by atoms with E-state index in [1.807, 2.05) is 51.1 Å². The lowest BCUT2D eigenvalue weighted by molar-refractivity contribution is -0.133. The van der Waals surface area contributed by atoms with Gasteiger partial charge in [-0.3, -0.25) is 4.79 Å². The predicted molar refractivity (Wildman–Crippen MR) is 64.2 cm³/mol. The molecule has 0 unspecified atom stereocenters. The van der Waals surface area contributed by atoms with Gasteiger partial charge in [-0.15, -0.1) is 0 Å². The Bertz CT molecular complexity index is 429. The van der Waals surface area contributed by atoms with E-state index in [0.29, 0.717) is 6.42 Å². The zero-order valence-electron chi connectivity index (χ0n) is 9.90. The van der Waals surface area contributed by atoms with Gasteiger partial charge in [0.25, 0.3) is 0 Å². The molecule has 0 saturated heterocycles. The Balaban J connectivity index is 2.31. The molecule has 3 heteroatoms. The standard InChI is InChI=1S/C13H16N2O/c1-13(2,3)15-12(16)9-11(14-15)10-7-5-4-6-8-10/h4-8H,9H2,1-3H3. The van der Waals surface area contributed by atoms with E-state index in [2.05, 4.69) is 5.10 Å². The van der Waals surface area contributed by atoms with Crippen molar-refractivity contribution in [2.75, 3.05) is 0 Å². The number of carbonyl (C=O) groups is 1. The monoisotopic (exact) mass is 216 g/mol. The number of carbonyl (C=O) groups excluding carboxylic acids is 1. The molecule has 84 valence electrons. The zero-order valence-corrected chi connectivity index (χ0v) is 9.90. The molecule has 0 bridgehead atoms. The molecule has 1 aromatic rings. The van der Waals surface area contributed by atoms with Crippen LogP contribution in [0, 0.1) is 0 Å². The molecule has 0 radical (unpaired) electrons. The molecule has 1 heterocycles. The van der Waals surface area contributed by atoms with Crippen LogP contribution >= 0.6 is 0 Å². The van der Waals surface area contributed by atoms with Crippen LogP contribution in [0.5, 0.6) is 0 Å². The van der Waals surface area contributed by atoms with Crippen LogP contribution in [0.25, 0.3) is 0 Å². The van der Waals surface area contributed by atoms with E-state index in [1.54, 1.807) is 5.01 Å². The van der Waals surface area contributed by atoms with Crippen LogP contribution in [0.4, 0.5) is 0 Å². The Morgan fingerprint density at radius 2 is 1.81 bits per heavy atom. The van der Waals surface area contributed by atoms with Gasteiger partial charge in [0.05, 0.1) is 17.7 Å². The summed E-state index contributed by atoms with van der Waals surface area (Å²) in [4.78, 5) is 11.8. The van der Waals surface area contributed by atoms with Gasteiger partial charge in [-0.05, 0) is 26.3 Å². The molecule has 0 saturated carbocycles. The number of amides is 1. The smallest absolute Gasteiger partial charge is 0.249 e. The highest BCUT2D eigenvalue weighted by Crippen LogP contribution is 2.22. The minimum Gasteiger partial charge on any atom is -0.272 e. The molecule has 16 heavy (non-hydrogen) atoms. The van der Waals surface area contributed by atoms with Gasteiger partial charge in [0.2, 0.25) is 5.91 Å².